The summed E-state index contributed by atoms with van der Waals surface area (Å²) < 4.78 is 5.35. The van der Waals surface area contributed by atoms with E-state index in [-0.39, 0.29) is 6.04 Å². The van der Waals surface area contributed by atoms with Gasteiger partial charge in [0.1, 0.15) is 5.75 Å². The monoisotopic (exact) mass is 274 g/mol. The summed E-state index contributed by atoms with van der Waals surface area (Å²) in [5, 5.41) is 0. The SMILES string of the molecule is COc1ccc2c(c1)C(N)C(N(C)CC1CCC1)CC2. The van der Waals surface area contributed by atoms with Crippen LogP contribution in [-0.4, -0.2) is 31.6 Å². The summed E-state index contributed by atoms with van der Waals surface area (Å²) in [4.78, 5) is 2.50. The number of aryl methyl sites for hydroxylation is 1. The number of rotatable bonds is 4. The Labute approximate surface area is 122 Å². The van der Waals surface area contributed by atoms with Crippen LogP contribution >= 0.6 is 0 Å². The van der Waals surface area contributed by atoms with Gasteiger partial charge in [-0.05, 0) is 61.9 Å². The first-order valence-corrected chi connectivity index (χ1v) is 7.81. The summed E-state index contributed by atoms with van der Waals surface area (Å²) >= 11 is 0. The van der Waals surface area contributed by atoms with Crippen molar-refractivity contribution >= 4 is 0 Å². The van der Waals surface area contributed by atoms with E-state index in [1.54, 1.807) is 7.11 Å². The van der Waals surface area contributed by atoms with Crippen molar-refractivity contribution < 1.29 is 4.74 Å². The molecule has 1 aromatic carbocycles. The minimum absolute atomic E-state index is 0.110. The molecule has 3 nitrogen and oxygen atoms in total. The molecule has 0 saturated heterocycles. The van der Waals surface area contributed by atoms with Gasteiger partial charge in [0.05, 0.1) is 7.11 Å². The molecule has 0 aliphatic heterocycles. The van der Waals surface area contributed by atoms with Gasteiger partial charge in [0.2, 0.25) is 0 Å². The third kappa shape index (κ3) is 2.57. The lowest BCUT2D eigenvalue weighted by atomic mass is 9.81. The van der Waals surface area contributed by atoms with E-state index in [2.05, 4.69) is 24.1 Å². The van der Waals surface area contributed by atoms with E-state index in [1.165, 1.54) is 43.4 Å². The van der Waals surface area contributed by atoms with E-state index in [1.807, 2.05) is 6.07 Å². The predicted octanol–water partition coefficient (Wildman–Crippen LogP) is 2.74. The van der Waals surface area contributed by atoms with Crippen LogP contribution in [0.15, 0.2) is 18.2 Å². The molecule has 0 spiro atoms. The second-order valence-corrected chi connectivity index (χ2v) is 6.43. The minimum Gasteiger partial charge on any atom is -0.497 e. The Balaban J connectivity index is 1.74. The van der Waals surface area contributed by atoms with Crippen LogP contribution in [0.25, 0.3) is 0 Å². The van der Waals surface area contributed by atoms with Crippen molar-refractivity contribution in [3.63, 3.8) is 0 Å². The third-order valence-corrected chi connectivity index (χ3v) is 5.17. The average molecular weight is 274 g/mol. The molecule has 0 radical (unpaired) electrons. The Hall–Kier alpha value is -1.06. The largest absolute Gasteiger partial charge is 0.497 e. The number of likely N-dealkylation sites (N-methyl/N-ethyl adjacent to an activating group) is 1. The van der Waals surface area contributed by atoms with Crippen LogP contribution in [0.4, 0.5) is 0 Å². The molecule has 2 aliphatic carbocycles. The maximum atomic E-state index is 6.55. The first kappa shape index (κ1) is 13.9. The number of nitrogens with zero attached hydrogens (tertiary/aromatic N) is 1. The smallest absolute Gasteiger partial charge is 0.119 e. The lowest BCUT2D eigenvalue weighted by Gasteiger charge is -2.40. The van der Waals surface area contributed by atoms with Crippen molar-refractivity contribution in [1.82, 2.24) is 4.90 Å². The van der Waals surface area contributed by atoms with E-state index in [0.29, 0.717) is 6.04 Å². The molecule has 0 amide bonds. The topological polar surface area (TPSA) is 38.5 Å². The van der Waals surface area contributed by atoms with Gasteiger partial charge < -0.3 is 15.4 Å². The first-order valence-electron chi connectivity index (χ1n) is 7.81. The second-order valence-electron chi connectivity index (χ2n) is 6.43. The number of benzene rings is 1. The Morgan fingerprint density at radius 3 is 2.75 bits per heavy atom. The number of fused-ring (bicyclic) bond motifs is 1. The van der Waals surface area contributed by atoms with Crippen molar-refractivity contribution in [3.8, 4) is 5.75 Å². The van der Waals surface area contributed by atoms with Gasteiger partial charge in [-0.15, -0.1) is 0 Å². The zero-order valence-corrected chi connectivity index (χ0v) is 12.6. The molecule has 2 N–H and O–H groups in total. The highest BCUT2D eigenvalue weighted by molar-refractivity contribution is 5.40. The van der Waals surface area contributed by atoms with Gasteiger partial charge in [0.25, 0.3) is 0 Å². The minimum atomic E-state index is 0.110. The molecule has 2 aliphatic rings. The van der Waals surface area contributed by atoms with E-state index < -0.39 is 0 Å². The fourth-order valence-electron chi connectivity index (χ4n) is 3.64. The van der Waals surface area contributed by atoms with Crippen LogP contribution in [0.3, 0.4) is 0 Å². The highest BCUT2D eigenvalue weighted by Crippen LogP contribution is 2.35. The van der Waals surface area contributed by atoms with Gasteiger partial charge in [-0.3, -0.25) is 0 Å². The summed E-state index contributed by atoms with van der Waals surface area (Å²) in [5.41, 5.74) is 9.23. The van der Waals surface area contributed by atoms with Gasteiger partial charge in [-0.1, -0.05) is 12.5 Å². The summed E-state index contributed by atoms with van der Waals surface area (Å²) in [5.74, 6) is 1.82. The Morgan fingerprint density at radius 1 is 1.30 bits per heavy atom. The highest BCUT2D eigenvalue weighted by Gasteiger charge is 2.31. The molecule has 0 aromatic heterocycles. The molecule has 1 aromatic rings. The van der Waals surface area contributed by atoms with E-state index in [0.717, 1.165) is 18.1 Å². The molecule has 2 unspecified atom stereocenters. The van der Waals surface area contributed by atoms with Gasteiger partial charge >= 0.3 is 0 Å². The Morgan fingerprint density at radius 2 is 2.10 bits per heavy atom. The van der Waals surface area contributed by atoms with Crippen LogP contribution in [0.5, 0.6) is 5.75 Å². The maximum Gasteiger partial charge on any atom is 0.119 e. The van der Waals surface area contributed by atoms with Crippen molar-refractivity contribution in [2.45, 2.75) is 44.2 Å². The highest BCUT2D eigenvalue weighted by atomic mass is 16.5. The van der Waals surface area contributed by atoms with Crippen molar-refractivity contribution in [2.75, 3.05) is 20.7 Å². The summed E-state index contributed by atoms with van der Waals surface area (Å²) in [6.07, 6.45) is 6.51. The number of methoxy groups -OCH3 is 1. The second kappa shape index (κ2) is 5.74. The van der Waals surface area contributed by atoms with Crippen LogP contribution in [0.1, 0.15) is 42.9 Å². The first-order chi connectivity index (χ1) is 9.69. The van der Waals surface area contributed by atoms with Crippen LogP contribution < -0.4 is 10.5 Å². The average Bonchev–Trinajstić information content (AvgIpc) is 2.43. The van der Waals surface area contributed by atoms with Crippen LogP contribution in [0.2, 0.25) is 0 Å². The lowest BCUT2D eigenvalue weighted by molar-refractivity contribution is 0.134. The zero-order chi connectivity index (χ0) is 14.1. The standard InChI is InChI=1S/C17H26N2O/c1-19(11-12-4-3-5-12)16-9-7-13-6-8-14(20-2)10-15(13)17(16)18/h6,8,10,12,16-17H,3-5,7,9,11,18H2,1-2H3. The Kier molecular flexibility index (Phi) is 3.99. The Bertz CT molecular complexity index is 470. The van der Waals surface area contributed by atoms with E-state index in [4.69, 9.17) is 10.5 Å². The summed E-state index contributed by atoms with van der Waals surface area (Å²) in [6, 6.07) is 6.93. The maximum absolute atomic E-state index is 6.55. The van der Waals surface area contributed by atoms with Gasteiger partial charge in [0, 0.05) is 18.6 Å². The normalized spacial score (nSPS) is 26.2. The molecule has 3 rings (SSSR count). The number of hydrogen-bond donors (Lipinski definition) is 1. The molecular weight excluding hydrogens is 248 g/mol. The summed E-state index contributed by atoms with van der Waals surface area (Å²) in [7, 11) is 3.96. The summed E-state index contributed by atoms with van der Waals surface area (Å²) in [6.45, 7) is 1.21. The molecule has 1 saturated carbocycles. The fourth-order valence-corrected chi connectivity index (χ4v) is 3.64. The van der Waals surface area contributed by atoms with Crippen molar-refractivity contribution in [2.24, 2.45) is 11.7 Å². The quantitative estimate of drug-likeness (QED) is 0.917. The van der Waals surface area contributed by atoms with Crippen molar-refractivity contribution in [3.05, 3.63) is 29.3 Å². The van der Waals surface area contributed by atoms with Gasteiger partial charge in [-0.2, -0.15) is 0 Å². The zero-order valence-electron chi connectivity index (χ0n) is 12.6. The number of hydrogen-bond acceptors (Lipinski definition) is 3. The number of nitrogens with two attached hydrogens (primary N) is 1. The molecule has 0 heterocycles. The molecule has 3 heteroatoms. The molecule has 1 fully saturated rings. The van der Waals surface area contributed by atoms with Gasteiger partial charge in [-0.25, -0.2) is 0 Å². The molecule has 110 valence electrons. The molecule has 2 atom stereocenters. The van der Waals surface area contributed by atoms with E-state index in [9.17, 15) is 0 Å². The fraction of sp³-hybridized carbons (Fsp3) is 0.647. The van der Waals surface area contributed by atoms with Crippen LogP contribution in [-0.2, 0) is 6.42 Å². The third-order valence-electron chi connectivity index (χ3n) is 5.17. The van der Waals surface area contributed by atoms with Gasteiger partial charge in [0.15, 0.2) is 0 Å². The van der Waals surface area contributed by atoms with E-state index >= 15 is 0 Å². The molecule has 20 heavy (non-hydrogen) atoms. The van der Waals surface area contributed by atoms with Crippen LogP contribution in [0, 0.1) is 5.92 Å². The lowest BCUT2D eigenvalue weighted by Crippen LogP contribution is -2.45. The molecule has 0 bridgehead atoms. The molecular formula is C17H26N2O. The number of ether oxygens (including phenoxy) is 1. The predicted molar refractivity (Wildman–Crippen MR) is 82.0 cm³/mol. The van der Waals surface area contributed by atoms with Crippen molar-refractivity contribution in [1.29, 1.82) is 0 Å².